The summed E-state index contributed by atoms with van der Waals surface area (Å²) in [6, 6.07) is 53.9. The third-order valence-electron chi connectivity index (χ3n) is 7.75. The van der Waals surface area contributed by atoms with Gasteiger partial charge in [-0.25, -0.2) is 0 Å². The van der Waals surface area contributed by atoms with Gasteiger partial charge in [-0.05, 0) is 89.2 Å². The van der Waals surface area contributed by atoms with E-state index in [0.29, 0.717) is 0 Å². The van der Waals surface area contributed by atoms with Crippen molar-refractivity contribution in [2.45, 2.75) is 41.5 Å². The predicted molar refractivity (Wildman–Crippen MR) is 210 cm³/mol. The second-order valence-corrected chi connectivity index (χ2v) is 16.1. The van der Waals surface area contributed by atoms with Crippen LogP contribution in [0.5, 0.6) is 0 Å². The standard InChI is InChI=1S/2C21H21P.2CO.Ni/c2*1-16-4-10-19(11-5-16)22(20-12-6-17(2)7-13-20)21-14-8-18(3)9-15-21;2*1-2;/h2*4-15H,1-3H3;;;. The van der Waals surface area contributed by atoms with E-state index in [4.69, 9.17) is 9.59 Å². The van der Waals surface area contributed by atoms with Crippen molar-refractivity contribution in [1.29, 1.82) is 0 Å². The van der Waals surface area contributed by atoms with Crippen LogP contribution in [0.2, 0.25) is 0 Å². The van der Waals surface area contributed by atoms with Gasteiger partial charge in [0.25, 0.3) is 13.6 Å². The van der Waals surface area contributed by atoms with E-state index in [1.165, 1.54) is 65.2 Å². The van der Waals surface area contributed by atoms with Gasteiger partial charge in [0, 0.05) is 16.5 Å². The fourth-order valence-electron chi connectivity index (χ4n) is 5.06. The molecule has 2 nitrogen and oxygen atoms in total. The summed E-state index contributed by atoms with van der Waals surface area (Å²) in [6.45, 7) is 21.9. The van der Waals surface area contributed by atoms with Gasteiger partial charge in [-0.1, -0.05) is 179 Å². The average Bonchev–Trinajstić information content (AvgIpc) is 3.12. The fourth-order valence-corrected chi connectivity index (χ4v) is 9.53. The van der Waals surface area contributed by atoms with Crippen LogP contribution >= 0.6 is 15.8 Å². The molecule has 0 aromatic heterocycles. The van der Waals surface area contributed by atoms with E-state index in [1.807, 2.05) is 0 Å². The van der Waals surface area contributed by atoms with Gasteiger partial charge in [-0.2, -0.15) is 0 Å². The van der Waals surface area contributed by atoms with Crippen LogP contribution in [-0.2, 0) is 26.1 Å². The van der Waals surface area contributed by atoms with Crippen molar-refractivity contribution < 1.29 is 26.1 Å². The third kappa shape index (κ3) is 12.1. The molecule has 0 spiro atoms. The van der Waals surface area contributed by atoms with Crippen LogP contribution in [0.25, 0.3) is 0 Å². The molecule has 6 aromatic carbocycles. The fraction of sp³-hybridized carbons (Fsp3) is 0.136. The van der Waals surface area contributed by atoms with Gasteiger partial charge in [0.1, 0.15) is 0 Å². The maximum absolute atomic E-state index is 7.50. The Hall–Kier alpha value is -3.99. The van der Waals surface area contributed by atoms with Gasteiger partial charge >= 0.3 is 0 Å². The van der Waals surface area contributed by atoms with Crippen molar-refractivity contribution >= 4 is 61.2 Å². The van der Waals surface area contributed by atoms with Crippen LogP contribution < -0.4 is 31.8 Å². The minimum absolute atomic E-state index is 0. The molecule has 0 N–H and O–H groups in total. The van der Waals surface area contributed by atoms with E-state index in [0.717, 1.165) is 0 Å². The molecule has 6 rings (SSSR count). The normalized spacial score (nSPS) is 9.96. The number of hydrogen-bond acceptors (Lipinski definition) is 2. The Bertz CT molecular complexity index is 1450. The van der Waals surface area contributed by atoms with E-state index in [2.05, 4.69) is 201 Å². The summed E-state index contributed by atoms with van der Waals surface area (Å²) in [6.07, 6.45) is 0. The topological polar surface area (TPSA) is 34.1 Å². The Balaban J connectivity index is 0.000000303. The molecular formula is C44H42NiO2P2. The molecule has 250 valence electrons. The van der Waals surface area contributed by atoms with Crippen LogP contribution in [0.4, 0.5) is 0 Å². The minimum atomic E-state index is -0.483. The number of rotatable bonds is 6. The SMILES string of the molecule is Cc1ccc(P(c2ccc(C)cc2)c2ccc(C)cc2)cc1.Cc1ccc(P(c2ccc(C)cc2)c2ccc(C)cc2)cc1.[C]=O.[C]=O.[Ni]. The summed E-state index contributed by atoms with van der Waals surface area (Å²) in [5.41, 5.74) is 7.87. The Morgan fingerprint density at radius 2 is 0.367 bits per heavy atom. The molecule has 49 heavy (non-hydrogen) atoms. The smallest absolute Gasteiger partial charge is 0.281 e. The Kier molecular flexibility index (Phi) is 17.8. The van der Waals surface area contributed by atoms with Crippen molar-refractivity contribution in [3.63, 3.8) is 0 Å². The largest absolute Gasteiger partial charge is 0.281 e. The zero-order chi connectivity index (χ0) is 35.1. The van der Waals surface area contributed by atoms with Gasteiger partial charge in [-0.3, -0.25) is 9.59 Å². The van der Waals surface area contributed by atoms with Crippen LogP contribution in [0, 0.1) is 41.5 Å². The summed E-state index contributed by atoms with van der Waals surface area (Å²) in [5.74, 6) is 0. The quantitative estimate of drug-likeness (QED) is 0.129. The average molecular weight is 723 g/mol. The van der Waals surface area contributed by atoms with Gasteiger partial charge in [-0.15, -0.1) is 0 Å². The van der Waals surface area contributed by atoms with E-state index in [-0.39, 0.29) is 16.5 Å². The molecule has 0 heterocycles. The van der Waals surface area contributed by atoms with Crippen molar-refractivity contribution in [1.82, 2.24) is 0 Å². The Labute approximate surface area is 306 Å². The zero-order valence-electron chi connectivity index (χ0n) is 28.9. The maximum atomic E-state index is 7.50. The van der Waals surface area contributed by atoms with Crippen molar-refractivity contribution in [3.05, 3.63) is 179 Å². The molecule has 6 aromatic rings. The van der Waals surface area contributed by atoms with Gasteiger partial charge < -0.3 is 0 Å². The first-order chi connectivity index (χ1) is 23.3. The second kappa shape index (κ2) is 21.2. The Morgan fingerprint density at radius 1 is 0.265 bits per heavy atom. The summed E-state index contributed by atoms with van der Waals surface area (Å²) in [5, 5.41) is 8.46. The molecule has 0 bridgehead atoms. The van der Waals surface area contributed by atoms with Crippen molar-refractivity contribution in [3.8, 4) is 0 Å². The number of hydrogen-bond donors (Lipinski definition) is 0. The molecule has 4 radical (unpaired) electrons. The first-order valence-corrected chi connectivity index (χ1v) is 18.4. The van der Waals surface area contributed by atoms with E-state index < -0.39 is 15.8 Å². The summed E-state index contributed by atoms with van der Waals surface area (Å²) in [7, 11) is -0.966. The van der Waals surface area contributed by atoms with Crippen molar-refractivity contribution in [2.75, 3.05) is 0 Å². The maximum Gasteiger partial charge on any atom is 0.281 e. The number of aryl methyl sites for hydroxylation is 6. The monoisotopic (exact) mass is 722 g/mol. The first-order valence-electron chi connectivity index (χ1n) is 15.7. The van der Waals surface area contributed by atoms with E-state index in [9.17, 15) is 0 Å². The van der Waals surface area contributed by atoms with E-state index >= 15 is 0 Å². The summed E-state index contributed by atoms with van der Waals surface area (Å²) >= 11 is 0. The molecule has 0 saturated carbocycles. The molecule has 0 unspecified atom stereocenters. The van der Waals surface area contributed by atoms with E-state index in [1.54, 1.807) is 0 Å². The summed E-state index contributed by atoms with van der Waals surface area (Å²) in [4.78, 5) is 15.0. The van der Waals surface area contributed by atoms with Crippen LogP contribution in [0.15, 0.2) is 146 Å². The third-order valence-corrected chi connectivity index (χ3v) is 12.6. The van der Waals surface area contributed by atoms with Gasteiger partial charge in [0.15, 0.2) is 0 Å². The molecule has 0 saturated heterocycles. The molecule has 0 fully saturated rings. The second-order valence-electron chi connectivity index (χ2n) is 11.7. The predicted octanol–water partition coefficient (Wildman–Crippen LogP) is 7.94. The molecule has 0 aliphatic carbocycles. The van der Waals surface area contributed by atoms with Crippen LogP contribution in [-0.4, -0.2) is 13.6 Å². The number of benzene rings is 6. The van der Waals surface area contributed by atoms with Crippen LogP contribution in [0.3, 0.4) is 0 Å². The minimum Gasteiger partial charge on any atom is -0.281 e. The van der Waals surface area contributed by atoms with Crippen molar-refractivity contribution in [2.24, 2.45) is 0 Å². The molecule has 0 aliphatic rings. The molecule has 0 atom stereocenters. The molecule has 0 amide bonds. The summed E-state index contributed by atoms with van der Waals surface area (Å²) < 4.78 is 0. The zero-order valence-corrected chi connectivity index (χ0v) is 31.7. The molecule has 0 aliphatic heterocycles. The van der Waals surface area contributed by atoms with Crippen LogP contribution in [0.1, 0.15) is 33.4 Å². The molecule has 5 heteroatoms. The van der Waals surface area contributed by atoms with Gasteiger partial charge in [0.2, 0.25) is 0 Å². The Morgan fingerprint density at radius 3 is 0.469 bits per heavy atom. The van der Waals surface area contributed by atoms with Gasteiger partial charge in [0.05, 0.1) is 0 Å². The molecular weight excluding hydrogens is 681 g/mol. The number of carbonyl (C=O) groups excluding carboxylic acids is 2. The first kappa shape index (κ1) is 41.2.